The van der Waals surface area contributed by atoms with E-state index in [1.54, 1.807) is 17.0 Å². The first-order valence-electron chi connectivity index (χ1n) is 13.3. The molecule has 1 aromatic heterocycles. The molecule has 0 radical (unpaired) electrons. The van der Waals surface area contributed by atoms with Crippen molar-refractivity contribution in [2.75, 3.05) is 56.7 Å². The molecule has 1 aromatic carbocycles. The number of carbonyl (C=O) groups excluding carboxylic acids is 1. The van der Waals surface area contributed by atoms with Gasteiger partial charge < -0.3 is 29.1 Å². The lowest BCUT2D eigenvalue weighted by Gasteiger charge is -2.41. The van der Waals surface area contributed by atoms with Gasteiger partial charge in [0, 0.05) is 37.8 Å². The van der Waals surface area contributed by atoms with Gasteiger partial charge in [0.25, 0.3) is 0 Å². The first-order valence-corrected chi connectivity index (χ1v) is 13.3. The predicted molar refractivity (Wildman–Crippen MR) is 144 cm³/mol. The number of hydrogen-bond acceptors (Lipinski definition) is 9. The highest BCUT2D eigenvalue weighted by Crippen LogP contribution is 2.39. The Labute approximate surface area is 228 Å². The van der Waals surface area contributed by atoms with Gasteiger partial charge in [-0.1, -0.05) is 12.6 Å². The van der Waals surface area contributed by atoms with Crippen LogP contribution in [0.1, 0.15) is 30.5 Å². The standard InChI is InChI=1S/C28H34FN7O3/c1-4-25(37)36-14-13-34(15-19(36)10-11-30)27-21-16-35(26-22(29)8-5-9-24(26)38-3)17-23(21)31-28(32-27)39-18-20-7-6-12-33(20)2/h4-5,8-9,19-20H,1,6-7,10,12-18H2,2-3H3. The van der Waals surface area contributed by atoms with E-state index in [9.17, 15) is 14.4 Å². The first-order chi connectivity index (χ1) is 18.9. The van der Waals surface area contributed by atoms with Gasteiger partial charge in [-0.3, -0.25) is 4.79 Å². The normalized spacial score (nSPS) is 21.0. The topological polar surface area (TPSA) is 98.1 Å². The summed E-state index contributed by atoms with van der Waals surface area (Å²) in [7, 11) is 3.62. The summed E-state index contributed by atoms with van der Waals surface area (Å²) in [6.07, 6.45) is 3.67. The minimum Gasteiger partial charge on any atom is -0.494 e. The number of anilines is 2. The zero-order valence-electron chi connectivity index (χ0n) is 22.5. The Bertz CT molecular complexity index is 1280. The molecule has 5 rings (SSSR count). The van der Waals surface area contributed by atoms with Gasteiger partial charge in [0.1, 0.15) is 29.7 Å². The number of carbonyl (C=O) groups is 1. The minimum atomic E-state index is -0.372. The Morgan fingerprint density at radius 1 is 1.23 bits per heavy atom. The predicted octanol–water partition coefficient (Wildman–Crippen LogP) is 2.73. The van der Waals surface area contributed by atoms with Crippen molar-refractivity contribution >= 4 is 17.4 Å². The maximum absolute atomic E-state index is 15.0. The van der Waals surface area contributed by atoms with E-state index >= 15 is 0 Å². The van der Waals surface area contributed by atoms with Crippen molar-refractivity contribution < 1.29 is 18.7 Å². The number of halogens is 1. The van der Waals surface area contributed by atoms with Crippen LogP contribution in [0.25, 0.3) is 0 Å². The molecule has 4 heterocycles. The van der Waals surface area contributed by atoms with Gasteiger partial charge in [0.2, 0.25) is 5.91 Å². The van der Waals surface area contributed by atoms with Crippen LogP contribution in [0.2, 0.25) is 0 Å². The van der Waals surface area contributed by atoms with Crippen molar-refractivity contribution in [3.63, 3.8) is 0 Å². The van der Waals surface area contributed by atoms with Crippen LogP contribution in [-0.4, -0.2) is 84.7 Å². The van der Waals surface area contributed by atoms with Gasteiger partial charge in [-0.2, -0.15) is 15.2 Å². The smallest absolute Gasteiger partial charge is 0.318 e. The van der Waals surface area contributed by atoms with E-state index in [2.05, 4.69) is 29.5 Å². The highest BCUT2D eigenvalue weighted by molar-refractivity contribution is 5.87. The summed E-state index contributed by atoms with van der Waals surface area (Å²) >= 11 is 0. The average Bonchev–Trinajstić information content (AvgIpc) is 3.56. The number of nitriles is 1. The number of hydrogen-bond donors (Lipinski definition) is 0. The van der Waals surface area contributed by atoms with Gasteiger partial charge in [-0.25, -0.2) is 4.39 Å². The Morgan fingerprint density at radius 2 is 2.08 bits per heavy atom. The molecule has 11 heteroatoms. The Kier molecular flexibility index (Phi) is 7.84. The second-order valence-corrected chi connectivity index (χ2v) is 10.2. The van der Waals surface area contributed by atoms with Crippen molar-refractivity contribution in [2.45, 2.75) is 44.4 Å². The molecule has 0 N–H and O–H groups in total. The molecule has 0 saturated carbocycles. The largest absolute Gasteiger partial charge is 0.494 e. The van der Waals surface area contributed by atoms with Gasteiger partial charge in [-0.15, -0.1) is 0 Å². The minimum absolute atomic E-state index is 0.189. The van der Waals surface area contributed by atoms with Crippen LogP contribution in [0.15, 0.2) is 30.9 Å². The van der Waals surface area contributed by atoms with Crippen molar-refractivity contribution in [3.05, 3.63) is 47.9 Å². The summed E-state index contributed by atoms with van der Waals surface area (Å²) in [4.78, 5) is 30.0. The first kappa shape index (κ1) is 26.7. The zero-order chi connectivity index (χ0) is 27.5. The van der Waals surface area contributed by atoms with E-state index in [-0.39, 0.29) is 30.2 Å². The maximum Gasteiger partial charge on any atom is 0.318 e. The number of aromatic nitrogens is 2. The lowest BCUT2D eigenvalue weighted by Crippen LogP contribution is -2.55. The molecule has 0 aliphatic carbocycles. The number of methoxy groups -OCH3 is 1. The molecule has 2 aromatic rings. The molecule has 2 saturated heterocycles. The third-order valence-corrected chi connectivity index (χ3v) is 7.87. The highest BCUT2D eigenvalue weighted by atomic mass is 19.1. The third-order valence-electron chi connectivity index (χ3n) is 7.87. The van der Waals surface area contributed by atoms with Crippen molar-refractivity contribution in [1.82, 2.24) is 19.8 Å². The Hall–Kier alpha value is -3.91. The molecule has 10 nitrogen and oxygen atoms in total. The van der Waals surface area contributed by atoms with Crippen molar-refractivity contribution in [1.29, 1.82) is 5.26 Å². The van der Waals surface area contributed by atoms with Gasteiger partial charge >= 0.3 is 6.01 Å². The summed E-state index contributed by atoms with van der Waals surface area (Å²) in [5.41, 5.74) is 2.02. The van der Waals surface area contributed by atoms with Crippen LogP contribution in [-0.2, 0) is 17.9 Å². The van der Waals surface area contributed by atoms with E-state index in [1.165, 1.54) is 19.3 Å². The highest BCUT2D eigenvalue weighted by Gasteiger charge is 2.35. The van der Waals surface area contributed by atoms with Gasteiger partial charge in [-0.05, 0) is 44.6 Å². The summed E-state index contributed by atoms with van der Waals surface area (Å²) in [5, 5.41) is 9.44. The average molecular weight is 536 g/mol. The number of likely N-dealkylation sites (N-methyl/N-ethyl adjacent to an activating group) is 1. The van der Waals surface area contributed by atoms with Gasteiger partial charge in [0.05, 0.1) is 37.9 Å². The number of likely N-dealkylation sites (tertiary alicyclic amines) is 1. The number of piperazine rings is 1. The van der Waals surface area contributed by atoms with E-state index in [0.717, 1.165) is 30.6 Å². The fraction of sp³-hybridized carbons (Fsp3) is 0.500. The van der Waals surface area contributed by atoms with E-state index < -0.39 is 0 Å². The number of amides is 1. The number of fused-ring (bicyclic) bond motifs is 1. The van der Waals surface area contributed by atoms with Crippen LogP contribution < -0.4 is 19.3 Å². The Balaban J connectivity index is 1.47. The van der Waals surface area contributed by atoms with E-state index in [0.29, 0.717) is 62.6 Å². The molecule has 2 unspecified atom stereocenters. The zero-order valence-corrected chi connectivity index (χ0v) is 22.5. The SMILES string of the molecule is C=CC(=O)N1CCN(c2nc(OCC3CCCN3C)nc3c2CN(c2c(F)cccc2OC)C3)CC1CC#N. The summed E-state index contributed by atoms with van der Waals surface area (Å²) in [6.45, 7) is 7.29. The molecule has 206 valence electrons. The monoisotopic (exact) mass is 535 g/mol. The number of rotatable bonds is 8. The molecule has 0 bridgehead atoms. The van der Waals surface area contributed by atoms with Crippen LogP contribution in [0.3, 0.4) is 0 Å². The Morgan fingerprint density at radius 3 is 2.79 bits per heavy atom. The van der Waals surface area contributed by atoms with E-state index in [1.807, 2.05) is 4.90 Å². The number of ether oxygens (including phenoxy) is 2. The molecule has 39 heavy (non-hydrogen) atoms. The molecule has 1 amide bonds. The fourth-order valence-electron chi connectivity index (χ4n) is 5.76. The van der Waals surface area contributed by atoms with Crippen LogP contribution in [0.5, 0.6) is 11.8 Å². The quantitative estimate of drug-likeness (QED) is 0.473. The van der Waals surface area contributed by atoms with Crippen LogP contribution >= 0.6 is 0 Å². The third kappa shape index (κ3) is 5.34. The lowest BCUT2D eigenvalue weighted by atomic mass is 10.1. The summed E-state index contributed by atoms with van der Waals surface area (Å²) < 4.78 is 26.6. The number of benzene rings is 1. The molecule has 0 spiro atoms. The summed E-state index contributed by atoms with van der Waals surface area (Å²) in [6, 6.07) is 7.27. The second-order valence-electron chi connectivity index (χ2n) is 10.2. The van der Waals surface area contributed by atoms with Crippen molar-refractivity contribution in [2.24, 2.45) is 0 Å². The van der Waals surface area contributed by atoms with Gasteiger partial charge in [0.15, 0.2) is 0 Å². The number of para-hydroxylation sites is 1. The number of nitrogens with zero attached hydrogens (tertiary/aromatic N) is 7. The molecule has 2 atom stereocenters. The maximum atomic E-state index is 15.0. The van der Waals surface area contributed by atoms with E-state index in [4.69, 9.17) is 19.4 Å². The lowest BCUT2D eigenvalue weighted by molar-refractivity contribution is -0.128. The second kappa shape index (κ2) is 11.5. The molecular formula is C28H34FN7O3. The van der Waals surface area contributed by atoms with Crippen LogP contribution in [0, 0.1) is 17.1 Å². The summed E-state index contributed by atoms with van der Waals surface area (Å²) in [5.74, 6) is 0.582. The molecule has 2 fully saturated rings. The molecular weight excluding hydrogens is 501 g/mol. The van der Waals surface area contributed by atoms with Crippen LogP contribution in [0.4, 0.5) is 15.9 Å². The fourth-order valence-corrected chi connectivity index (χ4v) is 5.76. The van der Waals surface area contributed by atoms with Crippen molar-refractivity contribution in [3.8, 4) is 17.8 Å². The molecule has 3 aliphatic rings. The molecule has 3 aliphatic heterocycles.